The van der Waals surface area contributed by atoms with Crippen LogP contribution in [-0.4, -0.2) is 9.78 Å². The second-order valence-corrected chi connectivity index (χ2v) is 8.36. The monoisotopic (exact) mass is 484 g/mol. The molecule has 180 valence electrons. The van der Waals surface area contributed by atoms with Gasteiger partial charge >= 0.3 is 6.18 Å². The van der Waals surface area contributed by atoms with E-state index in [4.69, 9.17) is 4.74 Å². The number of aromatic nitrogens is 2. The van der Waals surface area contributed by atoms with Crippen molar-refractivity contribution >= 4 is 17.0 Å². The fourth-order valence-electron chi connectivity index (χ4n) is 4.28. The Morgan fingerprint density at radius 2 is 1.61 bits per heavy atom. The number of hydrogen-bond acceptors (Lipinski definition) is 2. The van der Waals surface area contributed by atoms with Crippen LogP contribution in [-0.2, 0) is 12.7 Å². The molecule has 1 aromatic heterocycles. The van der Waals surface area contributed by atoms with Crippen molar-refractivity contribution < 1.29 is 17.9 Å². The molecule has 5 aromatic rings. The second-order valence-electron chi connectivity index (χ2n) is 8.36. The van der Waals surface area contributed by atoms with Crippen LogP contribution in [0.15, 0.2) is 103 Å². The number of rotatable bonds is 6. The quantitative estimate of drug-likeness (QED) is 0.241. The molecular formula is C30H23F3N2O. The fourth-order valence-corrected chi connectivity index (χ4v) is 4.28. The van der Waals surface area contributed by atoms with E-state index in [1.54, 1.807) is 10.7 Å². The van der Waals surface area contributed by atoms with Crippen LogP contribution in [0.2, 0.25) is 0 Å². The molecule has 0 aliphatic carbocycles. The van der Waals surface area contributed by atoms with E-state index in [0.29, 0.717) is 34.7 Å². The molecule has 6 heteroatoms. The first-order valence-corrected chi connectivity index (χ1v) is 11.5. The maximum atomic E-state index is 13.8. The van der Waals surface area contributed by atoms with Gasteiger partial charge in [-0.1, -0.05) is 84.9 Å². The minimum atomic E-state index is -4.51. The summed E-state index contributed by atoms with van der Waals surface area (Å²) in [6, 6.07) is 28.8. The number of benzene rings is 4. The Kier molecular flexibility index (Phi) is 6.34. The van der Waals surface area contributed by atoms with Gasteiger partial charge in [-0.05, 0) is 36.8 Å². The summed E-state index contributed by atoms with van der Waals surface area (Å²) in [5, 5.41) is 4.89. The van der Waals surface area contributed by atoms with E-state index < -0.39 is 11.7 Å². The maximum absolute atomic E-state index is 13.8. The van der Waals surface area contributed by atoms with Crippen molar-refractivity contribution in [1.82, 2.24) is 9.78 Å². The first-order chi connectivity index (χ1) is 17.4. The van der Waals surface area contributed by atoms with Crippen molar-refractivity contribution in [3.63, 3.8) is 0 Å². The minimum Gasteiger partial charge on any atom is -0.457 e. The molecule has 1 heterocycles. The molecule has 0 aliphatic rings. The molecule has 0 unspecified atom stereocenters. The van der Waals surface area contributed by atoms with Crippen LogP contribution in [0.25, 0.3) is 28.2 Å². The summed E-state index contributed by atoms with van der Waals surface area (Å²) in [6.45, 7) is 2.27. The first kappa shape index (κ1) is 23.4. The largest absolute Gasteiger partial charge is 0.457 e. The zero-order valence-electron chi connectivity index (χ0n) is 19.5. The minimum absolute atomic E-state index is 0.0688. The highest BCUT2D eigenvalue weighted by Crippen LogP contribution is 2.39. The standard InChI is InChI=1S/C30H23F3N2O/c1-2-10-22-13-6-7-18-27(22)36-24-15-8-14-23(19-24)29-25-16-9-17-26(30(31,32)33)28(25)34-35(29)20-21-11-4-3-5-12-21/h2-19H,20H2,1H3. The van der Waals surface area contributed by atoms with E-state index in [9.17, 15) is 13.2 Å². The molecular weight excluding hydrogens is 461 g/mol. The Labute approximate surface area is 207 Å². The molecule has 0 saturated carbocycles. The van der Waals surface area contributed by atoms with Crippen molar-refractivity contribution in [2.24, 2.45) is 0 Å². The molecule has 0 radical (unpaired) electrons. The predicted octanol–water partition coefficient (Wildman–Crippen LogP) is 8.60. The Morgan fingerprint density at radius 3 is 2.39 bits per heavy atom. The van der Waals surface area contributed by atoms with Crippen molar-refractivity contribution in [3.05, 3.63) is 120 Å². The topological polar surface area (TPSA) is 27.1 Å². The Hall–Kier alpha value is -4.32. The third-order valence-corrected chi connectivity index (χ3v) is 5.85. The number of para-hydroxylation sites is 1. The smallest absolute Gasteiger partial charge is 0.418 e. The van der Waals surface area contributed by atoms with Crippen LogP contribution in [0.5, 0.6) is 11.5 Å². The molecule has 0 aliphatic heterocycles. The summed E-state index contributed by atoms with van der Waals surface area (Å²) in [5.41, 5.74) is 2.37. The molecule has 4 aromatic carbocycles. The number of hydrogen-bond donors (Lipinski definition) is 0. The molecule has 0 bridgehead atoms. The van der Waals surface area contributed by atoms with Gasteiger partial charge in [0, 0.05) is 16.5 Å². The lowest BCUT2D eigenvalue weighted by molar-refractivity contribution is -0.136. The van der Waals surface area contributed by atoms with Crippen LogP contribution in [0.1, 0.15) is 23.6 Å². The maximum Gasteiger partial charge on any atom is 0.418 e. The van der Waals surface area contributed by atoms with Gasteiger partial charge < -0.3 is 4.74 Å². The number of halogens is 3. The summed E-state index contributed by atoms with van der Waals surface area (Å²) >= 11 is 0. The zero-order valence-corrected chi connectivity index (χ0v) is 19.5. The van der Waals surface area contributed by atoms with Crippen LogP contribution < -0.4 is 4.74 Å². The van der Waals surface area contributed by atoms with Crippen LogP contribution in [0.4, 0.5) is 13.2 Å². The summed E-state index contributed by atoms with van der Waals surface area (Å²) in [4.78, 5) is 0. The number of nitrogens with zero attached hydrogens (tertiary/aromatic N) is 2. The summed E-state index contributed by atoms with van der Waals surface area (Å²) in [7, 11) is 0. The molecule has 0 N–H and O–H groups in total. The van der Waals surface area contributed by atoms with Gasteiger partial charge in [0.2, 0.25) is 0 Å². The lowest BCUT2D eigenvalue weighted by Gasteiger charge is -2.12. The van der Waals surface area contributed by atoms with Gasteiger partial charge in [0.15, 0.2) is 0 Å². The van der Waals surface area contributed by atoms with E-state index in [0.717, 1.165) is 17.2 Å². The Morgan fingerprint density at radius 1 is 0.861 bits per heavy atom. The number of alkyl halides is 3. The lowest BCUT2D eigenvalue weighted by atomic mass is 10.0. The van der Waals surface area contributed by atoms with E-state index in [2.05, 4.69) is 5.10 Å². The number of fused-ring (bicyclic) bond motifs is 1. The SMILES string of the molecule is CC=Cc1ccccc1Oc1cccc(-c2c3cccc(C(F)(F)F)c3nn2Cc2ccccc2)c1. The average Bonchev–Trinajstić information content (AvgIpc) is 3.23. The average molecular weight is 485 g/mol. The number of ether oxygens (including phenoxy) is 1. The van der Waals surface area contributed by atoms with Crippen LogP contribution >= 0.6 is 0 Å². The summed E-state index contributed by atoms with van der Waals surface area (Å²) < 4.78 is 49.3. The summed E-state index contributed by atoms with van der Waals surface area (Å²) in [5.74, 6) is 1.27. The molecule has 3 nitrogen and oxygen atoms in total. The van der Waals surface area contributed by atoms with Crippen molar-refractivity contribution in [1.29, 1.82) is 0 Å². The van der Waals surface area contributed by atoms with E-state index >= 15 is 0 Å². The van der Waals surface area contributed by atoms with Gasteiger partial charge in [-0.15, -0.1) is 0 Å². The van der Waals surface area contributed by atoms with Gasteiger partial charge in [0.25, 0.3) is 0 Å². The predicted molar refractivity (Wildman–Crippen MR) is 137 cm³/mol. The van der Waals surface area contributed by atoms with Crippen molar-refractivity contribution in [3.8, 4) is 22.8 Å². The molecule has 0 spiro atoms. The normalized spacial score (nSPS) is 11.9. The molecule has 0 atom stereocenters. The van der Waals surface area contributed by atoms with Gasteiger partial charge in [-0.25, -0.2) is 0 Å². The van der Waals surface area contributed by atoms with Crippen molar-refractivity contribution in [2.75, 3.05) is 0 Å². The zero-order chi connectivity index (χ0) is 25.1. The lowest BCUT2D eigenvalue weighted by Crippen LogP contribution is -2.06. The molecule has 5 rings (SSSR count). The van der Waals surface area contributed by atoms with Gasteiger partial charge in [-0.3, -0.25) is 4.68 Å². The van der Waals surface area contributed by atoms with E-state index in [1.807, 2.05) is 97.9 Å². The third-order valence-electron chi connectivity index (χ3n) is 5.85. The van der Waals surface area contributed by atoms with E-state index in [-0.39, 0.29) is 5.52 Å². The highest BCUT2D eigenvalue weighted by Gasteiger charge is 2.34. The Balaban J connectivity index is 1.64. The molecule has 0 saturated heterocycles. The number of allylic oxidation sites excluding steroid dienone is 1. The highest BCUT2D eigenvalue weighted by molar-refractivity contribution is 5.95. The van der Waals surface area contributed by atoms with E-state index in [1.165, 1.54) is 6.07 Å². The molecule has 0 fully saturated rings. The third kappa shape index (κ3) is 4.75. The van der Waals surface area contributed by atoms with Gasteiger partial charge in [0.05, 0.1) is 17.8 Å². The van der Waals surface area contributed by atoms with Crippen LogP contribution in [0.3, 0.4) is 0 Å². The highest BCUT2D eigenvalue weighted by atomic mass is 19.4. The van der Waals surface area contributed by atoms with Gasteiger partial charge in [-0.2, -0.15) is 18.3 Å². The molecule has 36 heavy (non-hydrogen) atoms. The van der Waals surface area contributed by atoms with Crippen molar-refractivity contribution in [2.45, 2.75) is 19.6 Å². The van der Waals surface area contributed by atoms with Gasteiger partial charge in [0.1, 0.15) is 17.0 Å². The second kappa shape index (κ2) is 9.74. The summed E-state index contributed by atoms with van der Waals surface area (Å²) in [6.07, 6.45) is -0.615. The first-order valence-electron chi connectivity index (χ1n) is 11.5. The van der Waals surface area contributed by atoms with Crippen LogP contribution in [0, 0.1) is 0 Å². The Bertz CT molecular complexity index is 1540. The molecule has 0 amide bonds. The fraction of sp³-hybridized carbons (Fsp3) is 0.100.